The van der Waals surface area contributed by atoms with Crippen molar-refractivity contribution in [3.05, 3.63) is 14.7 Å². The van der Waals surface area contributed by atoms with Gasteiger partial charge in [-0.15, -0.1) is 11.3 Å². The number of nitrogens with one attached hydrogen (secondary N) is 1. The van der Waals surface area contributed by atoms with Gasteiger partial charge in [-0.25, -0.2) is 8.42 Å². The lowest BCUT2D eigenvalue weighted by Gasteiger charge is -2.23. The average Bonchev–Trinajstić information content (AvgIpc) is 3.18. The van der Waals surface area contributed by atoms with E-state index in [2.05, 4.69) is 21.2 Å². The van der Waals surface area contributed by atoms with E-state index < -0.39 is 10.0 Å². The van der Waals surface area contributed by atoms with Crippen molar-refractivity contribution < 1.29 is 8.42 Å². The van der Waals surface area contributed by atoms with E-state index in [0.29, 0.717) is 21.1 Å². The Morgan fingerprint density at radius 1 is 1.55 bits per heavy atom. The normalized spacial score (nSPS) is 17.6. The van der Waals surface area contributed by atoms with Gasteiger partial charge in [0.1, 0.15) is 4.90 Å². The summed E-state index contributed by atoms with van der Waals surface area (Å²) in [6.45, 7) is 5.60. The minimum Gasteiger partial charge on any atom is -0.312 e. The fraction of sp³-hybridized carbons (Fsp3) is 0.692. The molecule has 1 N–H and O–H groups in total. The van der Waals surface area contributed by atoms with Gasteiger partial charge < -0.3 is 5.32 Å². The maximum atomic E-state index is 12.7. The second-order valence-electron chi connectivity index (χ2n) is 5.23. The molecule has 7 heteroatoms. The molecule has 0 saturated heterocycles. The Kier molecular flexibility index (Phi) is 5.29. The van der Waals surface area contributed by atoms with Crippen LogP contribution in [0.3, 0.4) is 0 Å². The summed E-state index contributed by atoms with van der Waals surface area (Å²) in [4.78, 5) is 1.43. The lowest BCUT2D eigenvalue weighted by molar-refractivity contribution is 0.357. The molecule has 0 aromatic carbocycles. The van der Waals surface area contributed by atoms with Gasteiger partial charge in [0.15, 0.2) is 0 Å². The lowest BCUT2D eigenvalue weighted by Crippen LogP contribution is -2.36. The van der Waals surface area contributed by atoms with Gasteiger partial charge in [0.2, 0.25) is 10.0 Å². The van der Waals surface area contributed by atoms with Gasteiger partial charge in [0.25, 0.3) is 0 Å². The van der Waals surface area contributed by atoms with Crippen LogP contribution in [0, 0.1) is 5.92 Å². The first-order valence-corrected chi connectivity index (χ1v) is 9.89. The molecule has 1 unspecified atom stereocenters. The Morgan fingerprint density at radius 2 is 2.20 bits per heavy atom. The molecule has 2 rings (SSSR count). The third-order valence-electron chi connectivity index (χ3n) is 3.79. The predicted octanol–water partition coefficient (Wildman–Crippen LogP) is 3.04. The summed E-state index contributed by atoms with van der Waals surface area (Å²) in [6, 6.07) is 1.85. The second-order valence-corrected chi connectivity index (χ2v) is 9.65. The van der Waals surface area contributed by atoms with Crippen molar-refractivity contribution in [2.24, 2.45) is 5.92 Å². The van der Waals surface area contributed by atoms with Crippen molar-refractivity contribution in [3.63, 3.8) is 0 Å². The third kappa shape index (κ3) is 3.44. The molecule has 0 radical (unpaired) electrons. The molecule has 0 amide bonds. The van der Waals surface area contributed by atoms with E-state index in [1.54, 1.807) is 13.1 Å². The van der Waals surface area contributed by atoms with Crippen molar-refractivity contribution in [2.75, 3.05) is 13.6 Å². The van der Waals surface area contributed by atoms with E-state index in [1.165, 1.54) is 15.6 Å². The van der Waals surface area contributed by atoms with E-state index in [-0.39, 0.29) is 6.04 Å². The molecule has 0 bridgehead atoms. The van der Waals surface area contributed by atoms with Crippen LogP contribution in [0.2, 0.25) is 0 Å². The smallest absolute Gasteiger partial charge is 0.245 e. The predicted molar refractivity (Wildman–Crippen MR) is 86.5 cm³/mol. The second kappa shape index (κ2) is 6.44. The van der Waals surface area contributed by atoms with Gasteiger partial charge in [-0.1, -0.05) is 6.92 Å². The Hall–Kier alpha value is 0.0500. The van der Waals surface area contributed by atoms with Crippen molar-refractivity contribution in [1.29, 1.82) is 0 Å². The van der Waals surface area contributed by atoms with Crippen LogP contribution in [0.25, 0.3) is 0 Å². The highest BCUT2D eigenvalue weighted by Gasteiger charge is 2.37. The standard InChI is InChI=1S/C13H21BrN2O2S2/c1-4-15-8-11-7-12(13(14)19-11)20(17,18)16(3)9(2)10-5-6-10/h7,9-10,15H,4-6,8H2,1-3H3. The quantitative estimate of drug-likeness (QED) is 0.790. The van der Waals surface area contributed by atoms with Crippen LogP contribution in [-0.2, 0) is 16.6 Å². The maximum Gasteiger partial charge on any atom is 0.245 e. The zero-order valence-electron chi connectivity index (χ0n) is 12.0. The zero-order valence-corrected chi connectivity index (χ0v) is 15.2. The molecule has 1 aromatic heterocycles. The van der Waals surface area contributed by atoms with E-state index in [4.69, 9.17) is 0 Å². The molecular formula is C13H21BrN2O2S2. The van der Waals surface area contributed by atoms with Crippen LogP contribution in [-0.4, -0.2) is 32.4 Å². The number of nitrogens with zero attached hydrogens (tertiary/aromatic N) is 1. The number of sulfonamides is 1. The largest absolute Gasteiger partial charge is 0.312 e. The van der Waals surface area contributed by atoms with Crippen LogP contribution < -0.4 is 5.32 Å². The summed E-state index contributed by atoms with van der Waals surface area (Å²) >= 11 is 4.88. The van der Waals surface area contributed by atoms with Crippen molar-refractivity contribution in [2.45, 2.75) is 44.2 Å². The summed E-state index contributed by atoms with van der Waals surface area (Å²) in [5.41, 5.74) is 0. The average molecular weight is 381 g/mol. The fourth-order valence-corrected chi connectivity index (χ4v) is 6.18. The summed E-state index contributed by atoms with van der Waals surface area (Å²) < 4.78 is 27.6. The minimum absolute atomic E-state index is 0.0732. The third-order valence-corrected chi connectivity index (χ3v) is 7.99. The molecule has 1 aromatic rings. The summed E-state index contributed by atoms with van der Waals surface area (Å²) in [5.74, 6) is 0.522. The molecule has 1 aliphatic rings. The molecule has 1 saturated carbocycles. The Labute approximate surface area is 133 Å². The number of halogens is 1. The summed E-state index contributed by atoms with van der Waals surface area (Å²) in [6.07, 6.45) is 2.27. The first-order valence-electron chi connectivity index (χ1n) is 6.84. The topological polar surface area (TPSA) is 49.4 Å². The zero-order chi connectivity index (χ0) is 14.9. The van der Waals surface area contributed by atoms with E-state index >= 15 is 0 Å². The van der Waals surface area contributed by atoms with Gasteiger partial charge in [0.05, 0.1) is 3.79 Å². The fourth-order valence-electron chi connectivity index (χ4n) is 2.16. The number of thiophene rings is 1. The van der Waals surface area contributed by atoms with Gasteiger partial charge >= 0.3 is 0 Å². The van der Waals surface area contributed by atoms with Crippen LogP contribution in [0.5, 0.6) is 0 Å². The first kappa shape index (κ1) is 16.4. The van der Waals surface area contributed by atoms with Crippen LogP contribution in [0.1, 0.15) is 31.6 Å². The Morgan fingerprint density at radius 3 is 2.75 bits per heavy atom. The van der Waals surface area contributed by atoms with Gasteiger partial charge in [-0.3, -0.25) is 0 Å². The van der Waals surface area contributed by atoms with Gasteiger partial charge in [-0.2, -0.15) is 4.31 Å². The molecule has 0 aliphatic heterocycles. The first-order chi connectivity index (χ1) is 9.37. The highest BCUT2D eigenvalue weighted by Crippen LogP contribution is 2.39. The molecule has 1 atom stereocenters. The van der Waals surface area contributed by atoms with Crippen LogP contribution in [0.15, 0.2) is 14.7 Å². The summed E-state index contributed by atoms with van der Waals surface area (Å²) in [7, 11) is -1.72. The van der Waals surface area contributed by atoms with Gasteiger partial charge in [-0.05, 0) is 54.2 Å². The van der Waals surface area contributed by atoms with Crippen LogP contribution >= 0.6 is 27.3 Å². The molecule has 20 heavy (non-hydrogen) atoms. The number of hydrogen-bond acceptors (Lipinski definition) is 4. The minimum atomic E-state index is -3.41. The highest BCUT2D eigenvalue weighted by molar-refractivity contribution is 9.11. The van der Waals surface area contributed by atoms with Crippen molar-refractivity contribution >= 4 is 37.3 Å². The number of hydrogen-bond donors (Lipinski definition) is 1. The lowest BCUT2D eigenvalue weighted by atomic mass is 10.2. The van der Waals surface area contributed by atoms with E-state index in [0.717, 1.165) is 24.3 Å². The van der Waals surface area contributed by atoms with E-state index in [9.17, 15) is 8.42 Å². The van der Waals surface area contributed by atoms with Crippen molar-refractivity contribution in [3.8, 4) is 0 Å². The highest BCUT2D eigenvalue weighted by atomic mass is 79.9. The van der Waals surface area contributed by atoms with Gasteiger partial charge in [0, 0.05) is 24.5 Å². The number of rotatable bonds is 7. The molecule has 1 aliphatic carbocycles. The monoisotopic (exact) mass is 380 g/mol. The molecule has 114 valence electrons. The van der Waals surface area contributed by atoms with Crippen molar-refractivity contribution in [1.82, 2.24) is 9.62 Å². The summed E-state index contributed by atoms with van der Waals surface area (Å²) in [5, 5.41) is 3.22. The molecular weight excluding hydrogens is 360 g/mol. The maximum absolute atomic E-state index is 12.7. The molecule has 1 fully saturated rings. The Balaban J connectivity index is 2.21. The molecule has 1 heterocycles. The molecule has 4 nitrogen and oxygen atoms in total. The van der Waals surface area contributed by atoms with E-state index in [1.807, 2.05) is 13.8 Å². The SMILES string of the molecule is CCNCc1cc(S(=O)(=O)N(C)C(C)C2CC2)c(Br)s1. The van der Waals surface area contributed by atoms with Crippen LogP contribution in [0.4, 0.5) is 0 Å². The Bertz CT molecular complexity index is 567. The molecule has 0 spiro atoms.